The summed E-state index contributed by atoms with van der Waals surface area (Å²) in [5.41, 5.74) is 3.16. The van der Waals surface area contributed by atoms with Crippen molar-refractivity contribution in [2.75, 3.05) is 18.1 Å². The second-order valence-electron chi connectivity index (χ2n) is 6.54. The van der Waals surface area contributed by atoms with Crippen molar-refractivity contribution in [3.63, 3.8) is 0 Å². The summed E-state index contributed by atoms with van der Waals surface area (Å²) in [6, 6.07) is 7.66. The Morgan fingerprint density at radius 2 is 2.12 bits per heavy atom. The summed E-state index contributed by atoms with van der Waals surface area (Å²) < 4.78 is 0. The molecule has 1 amide bonds. The lowest BCUT2D eigenvalue weighted by Gasteiger charge is -2.26. The van der Waals surface area contributed by atoms with Crippen molar-refractivity contribution in [3.8, 4) is 11.4 Å². The Hall–Kier alpha value is -1.46. The van der Waals surface area contributed by atoms with Crippen LogP contribution in [-0.2, 0) is 17.8 Å². The lowest BCUT2D eigenvalue weighted by molar-refractivity contribution is -0.129. The number of fused-ring (bicyclic) bond motifs is 1. The first-order valence-electron chi connectivity index (χ1n) is 8.38. The third-order valence-electron chi connectivity index (χ3n) is 4.58. The number of aromatic amines is 1. The Morgan fingerprint density at radius 1 is 1.33 bits per heavy atom. The third-order valence-corrected chi connectivity index (χ3v) is 5.99. The van der Waals surface area contributed by atoms with Gasteiger partial charge in [0.15, 0.2) is 0 Å². The van der Waals surface area contributed by atoms with E-state index in [1.54, 1.807) is 11.8 Å². The number of carbonyl (C=O) groups is 1. The van der Waals surface area contributed by atoms with Gasteiger partial charge in [-0.05, 0) is 48.8 Å². The van der Waals surface area contributed by atoms with Crippen LogP contribution in [0, 0.1) is 5.92 Å². The van der Waals surface area contributed by atoms with Gasteiger partial charge in [0.05, 0.1) is 23.7 Å². The molecule has 1 aliphatic carbocycles. The first-order chi connectivity index (χ1) is 11.7. The van der Waals surface area contributed by atoms with E-state index in [0.717, 1.165) is 52.4 Å². The van der Waals surface area contributed by atoms with Crippen LogP contribution in [0.1, 0.15) is 24.2 Å². The Balaban J connectivity index is 1.41. The molecule has 1 N–H and O–H groups in total. The number of amides is 1. The van der Waals surface area contributed by atoms with Crippen LogP contribution in [-0.4, -0.2) is 38.8 Å². The molecule has 0 spiro atoms. The van der Waals surface area contributed by atoms with Crippen LogP contribution in [0.5, 0.6) is 0 Å². The molecule has 2 aliphatic rings. The summed E-state index contributed by atoms with van der Waals surface area (Å²) in [6.07, 6.45) is 3.50. The van der Waals surface area contributed by atoms with Crippen molar-refractivity contribution in [2.24, 2.45) is 5.92 Å². The molecule has 0 unspecified atom stereocenters. The molecule has 0 radical (unpaired) electrons. The van der Waals surface area contributed by atoms with E-state index < -0.39 is 0 Å². The molecule has 1 aromatic carbocycles. The molecule has 24 heavy (non-hydrogen) atoms. The maximum atomic E-state index is 12.4. The first kappa shape index (κ1) is 16.0. The third kappa shape index (κ3) is 3.62. The van der Waals surface area contributed by atoms with Gasteiger partial charge in [0.25, 0.3) is 0 Å². The van der Waals surface area contributed by atoms with Crippen molar-refractivity contribution in [1.82, 2.24) is 14.9 Å². The summed E-state index contributed by atoms with van der Waals surface area (Å²) in [6.45, 7) is 1.40. The number of hydrogen-bond acceptors (Lipinski definition) is 3. The van der Waals surface area contributed by atoms with Gasteiger partial charge >= 0.3 is 0 Å². The number of nitrogens with zero attached hydrogens (tertiary/aromatic N) is 2. The molecule has 0 saturated heterocycles. The lowest BCUT2D eigenvalue weighted by atomic mass is 10.1. The molecule has 2 aromatic rings. The summed E-state index contributed by atoms with van der Waals surface area (Å²) in [7, 11) is 0. The second-order valence-corrected chi connectivity index (χ2v) is 8.01. The summed E-state index contributed by atoms with van der Waals surface area (Å²) in [5.74, 6) is 3.70. The molecule has 4 nitrogen and oxygen atoms in total. The SMILES string of the molecule is O=C(CSCC1CC1)N1CCc2nc(-c3ccc(Cl)cc3)[nH]c2C1. The Morgan fingerprint density at radius 3 is 2.88 bits per heavy atom. The van der Waals surface area contributed by atoms with Crippen LogP contribution < -0.4 is 0 Å². The van der Waals surface area contributed by atoms with E-state index in [9.17, 15) is 4.79 Å². The number of carbonyl (C=O) groups excluding carboxylic acids is 1. The van der Waals surface area contributed by atoms with Crippen LogP contribution in [0.4, 0.5) is 0 Å². The van der Waals surface area contributed by atoms with E-state index in [2.05, 4.69) is 4.98 Å². The standard InChI is InChI=1S/C18H20ClN3OS/c19-14-5-3-13(4-6-14)18-20-15-7-8-22(9-16(15)21-18)17(23)11-24-10-12-1-2-12/h3-6,12H,1-2,7-11H2,(H,20,21). The molecular formula is C18H20ClN3OS. The predicted molar refractivity (Wildman–Crippen MR) is 98.2 cm³/mol. The lowest BCUT2D eigenvalue weighted by Crippen LogP contribution is -2.37. The maximum Gasteiger partial charge on any atom is 0.232 e. The maximum absolute atomic E-state index is 12.4. The second kappa shape index (κ2) is 6.81. The van der Waals surface area contributed by atoms with Crippen molar-refractivity contribution >= 4 is 29.3 Å². The van der Waals surface area contributed by atoms with E-state index in [1.807, 2.05) is 29.2 Å². The van der Waals surface area contributed by atoms with Gasteiger partial charge in [-0.25, -0.2) is 4.98 Å². The Kier molecular flexibility index (Phi) is 4.55. The number of hydrogen-bond donors (Lipinski definition) is 1. The minimum absolute atomic E-state index is 0.244. The number of nitrogens with one attached hydrogen (secondary N) is 1. The zero-order chi connectivity index (χ0) is 16.5. The molecule has 126 valence electrons. The molecule has 1 aliphatic heterocycles. The van der Waals surface area contributed by atoms with Crippen LogP contribution >= 0.6 is 23.4 Å². The number of H-pyrrole nitrogens is 1. The average molecular weight is 362 g/mol. The van der Waals surface area contributed by atoms with Crippen molar-refractivity contribution in [1.29, 1.82) is 0 Å². The average Bonchev–Trinajstić information content (AvgIpc) is 3.31. The number of benzene rings is 1. The zero-order valence-corrected chi connectivity index (χ0v) is 15.0. The molecule has 1 aromatic heterocycles. The van der Waals surface area contributed by atoms with Gasteiger partial charge < -0.3 is 9.88 Å². The molecular weight excluding hydrogens is 342 g/mol. The van der Waals surface area contributed by atoms with E-state index >= 15 is 0 Å². The number of halogens is 1. The minimum atomic E-state index is 0.244. The quantitative estimate of drug-likeness (QED) is 0.882. The van der Waals surface area contributed by atoms with Crippen molar-refractivity contribution in [3.05, 3.63) is 40.7 Å². The highest BCUT2D eigenvalue weighted by Crippen LogP contribution is 2.32. The Labute approximate surface area is 151 Å². The van der Waals surface area contributed by atoms with E-state index in [-0.39, 0.29) is 5.91 Å². The van der Waals surface area contributed by atoms with E-state index in [4.69, 9.17) is 16.6 Å². The van der Waals surface area contributed by atoms with Gasteiger partial charge in [0.1, 0.15) is 5.82 Å². The van der Waals surface area contributed by atoms with E-state index in [1.165, 1.54) is 12.8 Å². The van der Waals surface area contributed by atoms with Crippen LogP contribution in [0.15, 0.2) is 24.3 Å². The van der Waals surface area contributed by atoms with Gasteiger partial charge in [-0.2, -0.15) is 11.8 Å². The van der Waals surface area contributed by atoms with E-state index in [0.29, 0.717) is 12.3 Å². The predicted octanol–water partition coefficient (Wildman–Crippen LogP) is 3.76. The first-order valence-corrected chi connectivity index (χ1v) is 9.91. The minimum Gasteiger partial charge on any atom is -0.340 e. The van der Waals surface area contributed by atoms with Crippen LogP contribution in [0.25, 0.3) is 11.4 Å². The van der Waals surface area contributed by atoms with Crippen molar-refractivity contribution < 1.29 is 4.79 Å². The number of rotatable bonds is 5. The summed E-state index contributed by atoms with van der Waals surface area (Å²) in [4.78, 5) is 22.4. The molecule has 1 fully saturated rings. The number of thioether (sulfide) groups is 1. The molecule has 6 heteroatoms. The largest absolute Gasteiger partial charge is 0.340 e. The molecule has 2 heterocycles. The van der Waals surface area contributed by atoms with Gasteiger partial charge in [-0.1, -0.05) is 11.6 Å². The number of aromatic nitrogens is 2. The molecule has 0 bridgehead atoms. The Bertz CT molecular complexity index is 739. The molecule has 1 saturated carbocycles. The fourth-order valence-corrected chi connectivity index (χ4v) is 4.21. The van der Waals surface area contributed by atoms with Crippen molar-refractivity contribution in [2.45, 2.75) is 25.8 Å². The normalized spacial score (nSPS) is 17.0. The van der Waals surface area contributed by atoms with Crippen LogP contribution in [0.3, 0.4) is 0 Å². The highest BCUT2D eigenvalue weighted by Gasteiger charge is 2.25. The monoisotopic (exact) mass is 361 g/mol. The molecule has 0 atom stereocenters. The fraction of sp³-hybridized carbons (Fsp3) is 0.444. The summed E-state index contributed by atoms with van der Waals surface area (Å²) >= 11 is 7.72. The van der Waals surface area contributed by atoms with Gasteiger partial charge in [-0.3, -0.25) is 4.79 Å². The highest BCUT2D eigenvalue weighted by atomic mass is 35.5. The van der Waals surface area contributed by atoms with Gasteiger partial charge in [0, 0.05) is 23.6 Å². The van der Waals surface area contributed by atoms with Crippen LogP contribution in [0.2, 0.25) is 5.02 Å². The zero-order valence-electron chi connectivity index (χ0n) is 13.4. The van der Waals surface area contributed by atoms with Gasteiger partial charge in [0.2, 0.25) is 5.91 Å². The smallest absolute Gasteiger partial charge is 0.232 e. The highest BCUT2D eigenvalue weighted by molar-refractivity contribution is 7.99. The van der Waals surface area contributed by atoms with Gasteiger partial charge in [-0.15, -0.1) is 0 Å². The summed E-state index contributed by atoms with van der Waals surface area (Å²) in [5, 5.41) is 0.718. The number of imidazole rings is 1. The fourth-order valence-electron chi connectivity index (χ4n) is 2.94. The topological polar surface area (TPSA) is 49.0 Å². The molecule has 4 rings (SSSR count).